The number of benzene rings is 1. The van der Waals surface area contributed by atoms with E-state index in [-0.39, 0.29) is 5.92 Å². The Labute approximate surface area is 231 Å². The van der Waals surface area contributed by atoms with Crippen LogP contribution in [-0.4, -0.2) is 19.2 Å². The SMILES string of the molecule is C=C=CC(CCC)/C(=C(\c1ccc(O/C(F)=C/C)cc1)c1c(C)[nH]c2c1CCCC2)C(C)C.CC.COC. The Kier molecular flexibility index (Phi) is 15.4. The van der Waals surface area contributed by atoms with Crippen LogP contribution in [0.3, 0.4) is 0 Å². The highest BCUT2D eigenvalue weighted by molar-refractivity contribution is 5.86. The van der Waals surface area contributed by atoms with Crippen molar-refractivity contribution in [2.75, 3.05) is 14.2 Å². The second kappa shape index (κ2) is 17.7. The molecule has 1 atom stereocenters. The molecule has 0 spiro atoms. The largest absolute Gasteiger partial charge is 0.432 e. The predicted molar refractivity (Wildman–Crippen MR) is 161 cm³/mol. The molecule has 1 aliphatic rings. The lowest BCUT2D eigenvalue weighted by molar-refractivity contribution is 0.277. The number of halogens is 1. The van der Waals surface area contributed by atoms with E-state index in [4.69, 9.17) is 4.74 Å². The standard InChI is InChI=1S/C30H38FNO.C2H6O.C2H6/c1-7-12-22(13-8-2)28(20(4)5)30(23-16-18-24(19-17-23)33-27(31)9-3)29-21(6)32-26-15-11-10-14-25(26)29;1-3-2;1-2/h9,12,16-20,22,32H,1,8,10-11,13-15H2,2-6H3;1-2H3;1-2H3/b27-9+,30-28+;;. The minimum Gasteiger partial charge on any atom is -0.432 e. The normalized spacial score (nSPS) is 14.1. The summed E-state index contributed by atoms with van der Waals surface area (Å²) in [6.45, 7) is 18.5. The molecular weight excluding hydrogens is 473 g/mol. The highest BCUT2D eigenvalue weighted by Crippen LogP contribution is 2.42. The van der Waals surface area contributed by atoms with E-state index in [1.807, 2.05) is 26.0 Å². The van der Waals surface area contributed by atoms with Crippen molar-refractivity contribution in [3.63, 3.8) is 0 Å². The average Bonchev–Trinajstić information content (AvgIpc) is 3.24. The van der Waals surface area contributed by atoms with Gasteiger partial charge in [0.15, 0.2) is 0 Å². The maximum Gasteiger partial charge on any atom is 0.273 e. The van der Waals surface area contributed by atoms with Crippen LogP contribution in [0.4, 0.5) is 4.39 Å². The van der Waals surface area contributed by atoms with Gasteiger partial charge >= 0.3 is 0 Å². The Balaban J connectivity index is 0.00000135. The molecule has 0 fully saturated rings. The van der Waals surface area contributed by atoms with Gasteiger partial charge in [-0.3, -0.25) is 0 Å². The molecule has 0 saturated heterocycles. The van der Waals surface area contributed by atoms with E-state index in [2.05, 4.69) is 67.9 Å². The Morgan fingerprint density at radius 2 is 1.74 bits per heavy atom. The summed E-state index contributed by atoms with van der Waals surface area (Å²) in [4.78, 5) is 3.70. The lowest BCUT2D eigenvalue weighted by atomic mass is 9.77. The average molecular weight is 524 g/mol. The fourth-order valence-electron chi connectivity index (χ4n) is 5.17. The van der Waals surface area contributed by atoms with E-state index in [0.29, 0.717) is 11.7 Å². The molecule has 1 heterocycles. The Morgan fingerprint density at radius 1 is 1.13 bits per heavy atom. The maximum absolute atomic E-state index is 13.7. The smallest absolute Gasteiger partial charge is 0.273 e. The summed E-state index contributed by atoms with van der Waals surface area (Å²) in [7, 11) is 3.25. The fraction of sp³-hybridized carbons (Fsp3) is 0.500. The van der Waals surface area contributed by atoms with Crippen molar-refractivity contribution in [2.24, 2.45) is 11.8 Å². The van der Waals surface area contributed by atoms with Gasteiger partial charge in [-0.15, -0.1) is 5.73 Å². The van der Waals surface area contributed by atoms with E-state index >= 15 is 0 Å². The summed E-state index contributed by atoms with van der Waals surface area (Å²) in [6, 6.07) is 7.28. The molecule has 1 aromatic carbocycles. The number of aromatic amines is 1. The fourth-order valence-corrected chi connectivity index (χ4v) is 5.17. The van der Waals surface area contributed by atoms with Crippen molar-refractivity contribution in [2.45, 2.75) is 87.0 Å². The van der Waals surface area contributed by atoms with Gasteiger partial charge in [0.05, 0.1) is 0 Å². The van der Waals surface area contributed by atoms with Gasteiger partial charge in [0.25, 0.3) is 6.01 Å². The highest BCUT2D eigenvalue weighted by atomic mass is 19.1. The van der Waals surface area contributed by atoms with E-state index in [9.17, 15) is 4.39 Å². The first-order valence-corrected chi connectivity index (χ1v) is 14.1. The first-order valence-electron chi connectivity index (χ1n) is 14.1. The summed E-state index contributed by atoms with van der Waals surface area (Å²) < 4.78 is 23.2. The van der Waals surface area contributed by atoms with Gasteiger partial charge in [-0.25, -0.2) is 0 Å². The number of H-pyrrole nitrogens is 1. The number of allylic oxidation sites excluding steroid dienone is 3. The van der Waals surface area contributed by atoms with Gasteiger partial charge in [0, 0.05) is 37.1 Å². The van der Waals surface area contributed by atoms with Crippen LogP contribution in [0.5, 0.6) is 5.75 Å². The summed E-state index contributed by atoms with van der Waals surface area (Å²) in [5.74, 6) is 1.13. The lowest BCUT2D eigenvalue weighted by Gasteiger charge is -2.26. The van der Waals surface area contributed by atoms with Crippen LogP contribution in [0.2, 0.25) is 0 Å². The molecule has 3 rings (SSSR count). The zero-order chi connectivity index (χ0) is 28.7. The molecular formula is C34H50FNO2. The molecule has 0 amide bonds. The summed E-state index contributed by atoms with van der Waals surface area (Å²) in [5, 5.41) is 0. The summed E-state index contributed by atoms with van der Waals surface area (Å²) >= 11 is 0. The summed E-state index contributed by atoms with van der Waals surface area (Å²) in [5.41, 5.74) is 12.3. The van der Waals surface area contributed by atoms with Gasteiger partial charge in [-0.2, -0.15) is 4.39 Å². The van der Waals surface area contributed by atoms with Crippen molar-refractivity contribution in [1.82, 2.24) is 4.98 Å². The van der Waals surface area contributed by atoms with Crippen LogP contribution in [-0.2, 0) is 17.6 Å². The van der Waals surface area contributed by atoms with E-state index in [1.54, 1.807) is 21.1 Å². The molecule has 1 aromatic heterocycles. The van der Waals surface area contributed by atoms with Crippen LogP contribution < -0.4 is 4.74 Å². The topological polar surface area (TPSA) is 34.2 Å². The second-order valence-electron chi connectivity index (χ2n) is 9.67. The second-order valence-corrected chi connectivity index (χ2v) is 9.67. The molecule has 38 heavy (non-hydrogen) atoms. The molecule has 1 aliphatic carbocycles. The third-order valence-corrected chi connectivity index (χ3v) is 6.55. The Morgan fingerprint density at radius 3 is 2.26 bits per heavy atom. The lowest BCUT2D eigenvalue weighted by Crippen LogP contribution is -2.12. The number of methoxy groups -OCH3 is 1. The maximum atomic E-state index is 13.7. The number of rotatable bonds is 9. The molecule has 0 bridgehead atoms. The van der Waals surface area contributed by atoms with Crippen molar-refractivity contribution in [1.29, 1.82) is 0 Å². The number of aromatic nitrogens is 1. The van der Waals surface area contributed by atoms with Crippen molar-refractivity contribution >= 4 is 5.57 Å². The van der Waals surface area contributed by atoms with Gasteiger partial charge in [0.1, 0.15) is 5.75 Å². The molecule has 2 aromatic rings. The quantitative estimate of drug-likeness (QED) is 0.262. The third kappa shape index (κ3) is 8.89. The van der Waals surface area contributed by atoms with Gasteiger partial charge in [-0.1, -0.05) is 65.3 Å². The van der Waals surface area contributed by atoms with Crippen molar-refractivity contribution in [3.05, 3.63) is 88.4 Å². The molecule has 1 N–H and O–H groups in total. The minimum atomic E-state index is -0.587. The van der Waals surface area contributed by atoms with E-state index in [1.165, 1.54) is 52.6 Å². The highest BCUT2D eigenvalue weighted by Gasteiger charge is 2.27. The number of fused-ring (bicyclic) bond motifs is 1. The van der Waals surface area contributed by atoms with Gasteiger partial charge in [0.2, 0.25) is 0 Å². The summed E-state index contributed by atoms with van der Waals surface area (Å²) in [6.07, 6.45) is 10.3. The van der Waals surface area contributed by atoms with E-state index < -0.39 is 6.01 Å². The van der Waals surface area contributed by atoms with Gasteiger partial charge < -0.3 is 14.5 Å². The Hall–Kier alpha value is -2.81. The van der Waals surface area contributed by atoms with E-state index in [0.717, 1.165) is 31.2 Å². The number of ether oxygens (including phenoxy) is 2. The first-order chi connectivity index (χ1) is 18.3. The molecule has 0 saturated carbocycles. The monoisotopic (exact) mass is 523 g/mol. The molecule has 0 aliphatic heterocycles. The first kappa shape index (κ1) is 33.2. The predicted octanol–water partition coefficient (Wildman–Crippen LogP) is 9.92. The minimum absolute atomic E-state index is 0.271. The molecule has 4 heteroatoms. The van der Waals surface area contributed by atoms with Crippen molar-refractivity contribution in [3.8, 4) is 5.75 Å². The Bertz CT molecular complexity index is 1080. The molecule has 1 unspecified atom stereocenters. The number of nitrogens with one attached hydrogen (secondary N) is 1. The van der Waals surface area contributed by atoms with Gasteiger partial charge in [-0.05, 0) is 92.9 Å². The van der Waals surface area contributed by atoms with Crippen LogP contribution in [0.1, 0.15) is 95.3 Å². The molecule has 0 radical (unpaired) electrons. The van der Waals surface area contributed by atoms with Crippen LogP contribution in [0, 0.1) is 18.8 Å². The molecule has 3 nitrogen and oxygen atoms in total. The number of aryl methyl sites for hydroxylation is 2. The number of hydrogen-bond acceptors (Lipinski definition) is 2. The number of hydrogen-bond donors (Lipinski definition) is 1. The van der Waals surface area contributed by atoms with Crippen molar-refractivity contribution < 1.29 is 13.9 Å². The van der Waals surface area contributed by atoms with Crippen LogP contribution in [0.25, 0.3) is 5.57 Å². The molecule has 210 valence electrons. The third-order valence-electron chi connectivity index (χ3n) is 6.55. The zero-order valence-corrected chi connectivity index (χ0v) is 25.3. The zero-order valence-electron chi connectivity index (χ0n) is 25.3. The van der Waals surface area contributed by atoms with Crippen LogP contribution in [0.15, 0.2) is 60.3 Å². The van der Waals surface area contributed by atoms with Crippen LogP contribution >= 0.6 is 0 Å².